The second kappa shape index (κ2) is 7.92. The van der Waals surface area contributed by atoms with E-state index in [-0.39, 0.29) is 34.7 Å². The van der Waals surface area contributed by atoms with Gasteiger partial charge in [-0.05, 0) is 36.4 Å². The number of ether oxygens (including phenoxy) is 2. The normalized spacial score (nSPS) is 10.9. The maximum atomic E-state index is 13.4. The van der Waals surface area contributed by atoms with Crippen molar-refractivity contribution in [3.8, 4) is 28.3 Å². The molecule has 0 radical (unpaired) electrons. The largest absolute Gasteiger partial charge is 0.496 e. The summed E-state index contributed by atoms with van der Waals surface area (Å²) in [6, 6.07) is 9.81. The first-order valence-electron chi connectivity index (χ1n) is 8.90. The van der Waals surface area contributed by atoms with Crippen molar-refractivity contribution in [1.82, 2.24) is 5.16 Å². The Bertz CT molecular complexity index is 1290. The van der Waals surface area contributed by atoms with Gasteiger partial charge in [0, 0.05) is 22.6 Å². The lowest BCUT2D eigenvalue weighted by Crippen LogP contribution is -2.18. The number of aliphatic hydroxyl groups excluding tert-OH is 1. The molecule has 2 aromatic heterocycles. The quantitative estimate of drug-likeness (QED) is 0.364. The van der Waals surface area contributed by atoms with E-state index >= 15 is 0 Å². The van der Waals surface area contributed by atoms with Gasteiger partial charge in [-0.2, -0.15) is 0 Å². The van der Waals surface area contributed by atoms with Crippen molar-refractivity contribution in [1.29, 1.82) is 0 Å². The molecular weight excluding hydrogens is 411 g/mol. The van der Waals surface area contributed by atoms with E-state index in [1.165, 1.54) is 43.5 Å². The number of halogens is 1. The number of rotatable bonds is 5. The van der Waals surface area contributed by atoms with Crippen molar-refractivity contribution < 1.29 is 37.5 Å². The molecule has 4 aromatic rings. The predicted molar refractivity (Wildman–Crippen MR) is 105 cm³/mol. The lowest BCUT2D eigenvalue weighted by molar-refractivity contribution is 0.0640. The Morgan fingerprint density at radius 1 is 1.19 bits per heavy atom. The number of aromatic nitrogens is 1. The fraction of sp³-hybridized carbons (Fsp3) is 0.0952. The molecule has 0 aliphatic heterocycles. The number of fused-ring (bicyclic) bond motifs is 1. The molecule has 0 aliphatic carbocycles. The van der Waals surface area contributed by atoms with Crippen molar-refractivity contribution >= 4 is 23.0 Å². The van der Waals surface area contributed by atoms with E-state index < -0.39 is 17.9 Å². The second-order valence-electron chi connectivity index (χ2n) is 6.41. The van der Waals surface area contributed by atoms with Gasteiger partial charge in [0.1, 0.15) is 40.8 Å². The maximum Gasteiger partial charge on any atom is 0.412 e. The van der Waals surface area contributed by atoms with Gasteiger partial charge < -0.3 is 29.3 Å². The Labute approximate surface area is 173 Å². The number of esters is 1. The maximum absolute atomic E-state index is 13.4. The van der Waals surface area contributed by atoms with Crippen LogP contribution in [0.5, 0.6) is 5.75 Å². The third-order valence-corrected chi connectivity index (χ3v) is 4.50. The highest BCUT2D eigenvalue weighted by Crippen LogP contribution is 2.40. The number of nitrogens with zero attached hydrogens (tertiary/aromatic N) is 1. The molecule has 0 saturated heterocycles. The van der Waals surface area contributed by atoms with Crippen LogP contribution in [-0.4, -0.2) is 29.4 Å². The van der Waals surface area contributed by atoms with Crippen LogP contribution in [0, 0.1) is 5.82 Å². The minimum absolute atomic E-state index is 0.0525. The number of carbonyl (C=O) groups is 2. The van der Waals surface area contributed by atoms with Gasteiger partial charge in [0.25, 0.3) is 0 Å². The van der Waals surface area contributed by atoms with E-state index in [4.69, 9.17) is 19.4 Å². The van der Waals surface area contributed by atoms with Gasteiger partial charge in [0.05, 0.1) is 7.11 Å². The van der Waals surface area contributed by atoms with Gasteiger partial charge in [0.15, 0.2) is 5.76 Å². The molecule has 0 saturated carbocycles. The van der Waals surface area contributed by atoms with Crippen LogP contribution >= 0.6 is 0 Å². The van der Waals surface area contributed by atoms with Gasteiger partial charge in [-0.3, -0.25) is 0 Å². The zero-order valence-corrected chi connectivity index (χ0v) is 16.0. The van der Waals surface area contributed by atoms with Crippen molar-refractivity contribution in [3.63, 3.8) is 0 Å². The summed E-state index contributed by atoms with van der Waals surface area (Å²) in [5.41, 5.74) is 6.36. The number of aliphatic hydroxyl groups is 1. The van der Waals surface area contributed by atoms with Crippen LogP contribution < -0.4 is 10.5 Å². The smallest absolute Gasteiger partial charge is 0.412 e. The summed E-state index contributed by atoms with van der Waals surface area (Å²) < 4.78 is 34.3. The van der Waals surface area contributed by atoms with Crippen molar-refractivity contribution in [3.05, 3.63) is 59.6 Å². The standard InChI is InChI=1S/C21H15FN2O7/c1-28-16-8-14-17(7-13(16)15-6-12(9-25)31-24-15)29-19(10-2-4-11(22)5-3-10)18(14)20(26)30-21(23)27/h2-8,25H,9H2,1H3,(H2,23,27). The highest BCUT2D eigenvalue weighted by Gasteiger charge is 2.27. The molecule has 9 nitrogen and oxygen atoms in total. The SMILES string of the molecule is COc1cc2c(C(=O)OC(N)=O)c(-c3ccc(F)cc3)oc2cc1-c1cc(CO)on1. The van der Waals surface area contributed by atoms with Crippen LogP contribution in [0.4, 0.5) is 9.18 Å². The Kier molecular flexibility index (Phi) is 5.14. The monoisotopic (exact) mass is 426 g/mol. The number of furan rings is 1. The molecule has 2 aromatic carbocycles. The number of primary amides is 1. The van der Waals surface area contributed by atoms with Gasteiger partial charge in [-0.15, -0.1) is 0 Å². The molecule has 0 bridgehead atoms. The summed E-state index contributed by atoms with van der Waals surface area (Å²) in [5.74, 6) is -0.906. The summed E-state index contributed by atoms with van der Waals surface area (Å²) >= 11 is 0. The summed E-state index contributed by atoms with van der Waals surface area (Å²) in [6.45, 7) is -0.337. The van der Waals surface area contributed by atoms with Crippen molar-refractivity contribution in [2.45, 2.75) is 6.61 Å². The summed E-state index contributed by atoms with van der Waals surface area (Å²) in [7, 11) is 1.42. The molecule has 31 heavy (non-hydrogen) atoms. The molecule has 0 unspecified atom stereocenters. The molecule has 2 heterocycles. The van der Waals surface area contributed by atoms with Gasteiger partial charge >= 0.3 is 12.1 Å². The van der Waals surface area contributed by atoms with Gasteiger partial charge in [0.2, 0.25) is 0 Å². The Hall–Kier alpha value is -4.18. The number of nitrogens with two attached hydrogens (primary N) is 1. The molecular formula is C21H15FN2O7. The molecule has 158 valence electrons. The Morgan fingerprint density at radius 3 is 2.55 bits per heavy atom. The fourth-order valence-corrected chi connectivity index (χ4v) is 3.16. The number of benzene rings is 2. The van der Waals surface area contributed by atoms with E-state index in [1.807, 2.05) is 0 Å². The third kappa shape index (κ3) is 3.71. The van der Waals surface area contributed by atoms with E-state index in [1.54, 1.807) is 6.07 Å². The van der Waals surface area contributed by atoms with Crippen LogP contribution in [0.3, 0.4) is 0 Å². The first-order valence-corrected chi connectivity index (χ1v) is 8.90. The zero-order valence-electron chi connectivity index (χ0n) is 16.0. The zero-order chi connectivity index (χ0) is 22.1. The topological polar surface area (TPSA) is 138 Å². The number of hydrogen-bond acceptors (Lipinski definition) is 8. The lowest BCUT2D eigenvalue weighted by atomic mass is 10.0. The second-order valence-corrected chi connectivity index (χ2v) is 6.41. The minimum atomic E-state index is -1.29. The molecule has 0 fully saturated rings. The van der Waals surface area contributed by atoms with Crippen molar-refractivity contribution in [2.75, 3.05) is 7.11 Å². The molecule has 0 aliphatic rings. The molecule has 1 amide bonds. The van der Waals surface area contributed by atoms with Crippen molar-refractivity contribution in [2.24, 2.45) is 5.73 Å². The van der Waals surface area contributed by atoms with E-state index in [9.17, 15) is 19.1 Å². The molecule has 0 atom stereocenters. The molecule has 3 N–H and O–H groups in total. The lowest BCUT2D eigenvalue weighted by Gasteiger charge is -2.06. The van der Waals surface area contributed by atoms with E-state index in [2.05, 4.69) is 9.89 Å². The van der Waals surface area contributed by atoms with Crippen LogP contribution in [0.2, 0.25) is 0 Å². The average molecular weight is 426 g/mol. The Balaban J connectivity index is 1.96. The van der Waals surface area contributed by atoms with E-state index in [0.717, 1.165) is 0 Å². The first-order chi connectivity index (χ1) is 14.9. The molecule has 10 heteroatoms. The molecule has 0 spiro atoms. The van der Waals surface area contributed by atoms with Crippen LogP contribution in [0.1, 0.15) is 16.1 Å². The number of carbonyl (C=O) groups excluding carboxylic acids is 2. The number of hydrogen-bond donors (Lipinski definition) is 2. The Morgan fingerprint density at radius 2 is 1.94 bits per heavy atom. The summed E-state index contributed by atoms with van der Waals surface area (Å²) in [4.78, 5) is 23.8. The average Bonchev–Trinajstić information content (AvgIpc) is 3.37. The minimum Gasteiger partial charge on any atom is -0.496 e. The highest BCUT2D eigenvalue weighted by molar-refractivity contribution is 6.12. The first kappa shape index (κ1) is 20.1. The number of methoxy groups -OCH3 is 1. The van der Waals surface area contributed by atoms with Crippen LogP contribution in [0.15, 0.2) is 51.4 Å². The summed E-state index contributed by atoms with van der Waals surface area (Å²) in [6.07, 6.45) is -1.29. The highest BCUT2D eigenvalue weighted by atomic mass is 19.1. The molecule has 4 rings (SSSR count). The number of amides is 1. The summed E-state index contributed by atoms with van der Waals surface area (Å²) in [5, 5.41) is 13.4. The third-order valence-electron chi connectivity index (χ3n) is 4.50. The van der Waals surface area contributed by atoms with Crippen LogP contribution in [0.25, 0.3) is 33.6 Å². The fourth-order valence-electron chi connectivity index (χ4n) is 3.16. The van der Waals surface area contributed by atoms with Crippen LogP contribution in [-0.2, 0) is 11.3 Å². The van der Waals surface area contributed by atoms with E-state index in [0.29, 0.717) is 22.6 Å². The predicted octanol–water partition coefficient (Wildman–Crippen LogP) is 3.63. The van der Waals surface area contributed by atoms with Gasteiger partial charge in [-0.1, -0.05) is 5.16 Å². The van der Waals surface area contributed by atoms with Gasteiger partial charge in [-0.25, -0.2) is 14.0 Å².